The molecule has 0 radical (unpaired) electrons. The summed E-state index contributed by atoms with van der Waals surface area (Å²) in [6, 6.07) is 8.44. The second-order valence-electron chi connectivity index (χ2n) is 3.95. The van der Waals surface area contributed by atoms with Gasteiger partial charge in [-0.2, -0.15) is 5.26 Å². The lowest BCUT2D eigenvalue weighted by atomic mass is 10.1. The minimum atomic E-state index is -1.06. The highest BCUT2D eigenvalue weighted by atomic mass is 32.2. The van der Waals surface area contributed by atoms with E-state index in [1.165, 1.54) is 6.20 Å². The predicted molar refractivity (Wildman–Crippen MR) is 74.5 cm³/mol. The summed E-state index contributed by atoms with van der Waals surface area (Å²) in [6.07, 6.45) is 1.31. The smallest absolute Gasteiger partial charge is 0.312 e. The van der Waals surface area contributed by atoms with Gasteiger partial charge in [0, 0.05) is 11.8 Å². The fourth-order valence-corrected chi connectivity index (χ4v) is 2.62. The zero-order chi connectivity index (χ0) is 14.7. The molecule has 2 aromatic rings. The SMILES string of the molecule is CC[S+]([O-])c1ccc(-c2[nH]cc(C#N)c2[N+](=O)[O-])cc1. The molecule has 1 heterocycles. The Kier molecular flexibility index (Phi) is 4.08. The van der Waals surface area contributed by atoms with Crippen molar-refractivity contribution in [3.63, 3.8) is 0 Å². The molecule has 2 rings (SSSR count). The van der Waals surface area contributed by atoms with Crippen molar-refractivity contribution in [1.82, 2.24) is 4.98 Å². The van der Waals surface area contributed by atoms with E-state index in [0.29, 0.717) is 16.2 Å². The van der Waals surface area contributed by atoms with Crippen molar-refractivity contribution in [2.24, 2.45) is 0 Å². The van der Waals surface area contributed by atoms with E-state index in [1.54, 1.807) is 30.3 Å². The van der Waals surface area contributed by atoms with Crippen LogP contribution in [0.5, 0.6) is 0 Å². The monoisotopic (exact) mass is 289 g/mol. The third-order valence-corrected chi connectivity index (χ3v) is 4.15. The lowest BCUT2D eigenvalue weighted by Gasteiger charge is -2.07. The fraction of sp³-hybridized carbons (Fsp3) is 0.154. The van der Waals surface area contributed by atoms with Gasteiger partial charge in [-0.3, -0.25) is 10.1 Å². The maximum absolute atomic E-state index is 11.6. The summed E-state index contributed by atoms with van der Waals surface area (Å²) >= 11 is -1.06. The van der Waals surface area contributed by atoms with Crippen LogP contribution >= 0.6 is 0 Å². The number of benzene rings is 1. The van der Waals surface area contributed by atoms with Crippen LogP contribution in [0.2, 0.25) is 0 Å². The van der Waals surface area contributed by atoms with Crippen LogP contribution in [0.15, 0.2) is 35.4 Å². The number of H-pyrrole nitrogens is 1. The van der Waals surface area contributed by atoms with Crippen LogP contribution in [0.1, 0.15) is 12.5 Å². The van der Waals surface area contributed by atoms with E-state index >= 15 is 0 Å². The number of aromatic nitrogens is 1. The molecule has 0 fully saturated rings. The topological polar surface area (TPSA) is 106 Å². The van der Waals surface area contributed by atoms with Gasteiger partial charge in [-0.15, -0.1) is 0 Å². The first-order valence-electron chi connectivity index (χ1n) is 5.83. The number of rotatable bonds is 4. The molecule has 7 heteroatoms. The van der Waals surface area contributed by atoms with Gasteiger partial charge in [-0.1, -0.05) is 0 Å². The minimum Gasteiger partial charge on any atom is -0.611 e. The molecule has 102 valence electrons. The molecule has 1 atom stereocenters. The van der Waals surface area contributed by atoms with Crippen molar-refractivity contribution in [2.75, 3.05) is 5.75 Å². The number of hydrogen-bond donors (Lipinski definition) is 1. The second-order valence-corrected chi connectivity index (χ2v) is 5.69. The van der Waals surface area contributed by atoms with Crippen LogP contribution in [0.4, 0.5) is 5.69 Å². The molecular formula is C13H11N3O3S. The molecule has 0 saturated heterocycles. The van der Waals surface area contributed by atoms with Crippen LogP contribution in [0.3, 0.4) is 0 Å². The lowest BCUT2D eigenvalue weighted by Crippen LogP contribution is -2.03. The molecule has 1 aromatic carbocycles. The molecule has 0 spiro atoms. The summed E-state index contributed by atoms with van der Waals surface area (Å²) in [5.41, 5.74) is 0.610. The molecule has 0 saturated carbocycles. The van der Waals surface area contributed by atoms with Gasteiger partial charge in [0.25, 0.3) is 0 Å². The van der Waals surface area contributed by atoms with Crippen molar-refractivity contribution in [1.29, 1.82) is 5.26 Å². The van der Waals surface area contributed by atoms with Crippen LogP contribution in [0, 0.1) is 21.4 Å². The van der Waals surface area contributed by atoms with Crippen molar-refractivity contribution in [2.45, 2.75) is 11.8 Å². The van der Waals surface area contributed by atoms with E-state index in [4.69, 9.17) is 5.26 Å². The Morgan fingerprint density at radius 3 is 2.55 bits per heavy atom. The van der Waals surface area contributed by atoms with Crippen molar-refractivity contribution in [3.05, 3.63) is 46.1 Å². The predicted octanol–water partition coefficient (Wildman–Crippen LogP) is 2.59. The van der Waals surface area contributed by atoms with Crippen molar-refractivity contribution < 1.29 is 9.48 Å². The van der Waals surface area contributed by atoms with Gasteiger partial charge < -0.3 is 9.54 Å². The zero-order valence-corrected chi connectivity index (χ0v) is 11.4. The molecule has 0 aliphatic carbocycles. The van der Waals surface area contributed by atoms with E-state index in [1.807, 2.05) is 6.92 Å². The molecule has 0 amide bonds. The van der Waals surface area contributed by atoms with E-state index in [0.717, 1.165) is 0 Å². The quantitative estimate of drug-likeness (QED) is 0.530. The fourth-order valence-electron chi connectivity index (χ4n) is 1.85. The Morgan fingerprint density at radius 1 is 1.40 bits per heavy atom. The summed E-state index contributed by atoms with van der Waals surface area (Å²) in [5.74, 6) is 0.514. The second kappa shape index (κ2) is 5.77. The van der Waals surface area contributed by atoms with Crippen LogP contribution in [0.25, 0.3) is 11.3 Å². The lowest BCUT2D eigenvalue weighted by molar-refractivity contribution is -0.384. The van der Waals surface area contributed by atoms with E-state index in [-0.39, 0.29) is 16.9 Å². The first-order valence-corrected chi connectivity index (χ1v) is 7.15. The van der Waals surface area contributed by atoms with E-state index < -0.39 is 16.1 Å². The van der Waals surface area contributed by atoms with Gasteiger partial charge in [-0.25, -0.2) is 0 Å². The molecule has 0 aliphatic heterocycles. The van der Waals surface area contributed by atoms with Crippen LogP contribution in [-0.4, -0.2) is 20.2 Å². The third-order valence-electron chi connectivity index (χ3n) is 2.82. The number of nitrogens with zero attached hydrogens (tertiary/aromatic N) is 2. The van der Waals surface area contributed by atoms with E-state index in [9.17, 15) is 14.7 Å². The maximum Gasteiger partial charge on any atom is 0.312 e. The minimum absolute atomic E-state index is 0.00814. The van der Waals surface area contributed by atoms with Gasteiger partial charge in [0.15, 0.2) is 4.90 Å². The molecule has 20 heavy (non-hydrogen) atoms. The largest absolute Gasteiger partial charge is 0.611 e. The molecular weight excluding hydrogens is 278 g/mol. The summed E-state index contributed by atoms with van der Waals surface area (Å²) in [7, 11) is 0. The van der Waals surface area contributed by atoms with Gasteiger partial charge in [0.2, 0.25) is 0 Å². The normalized spacial score (nSPS) is 11.8. The summed E-state index contributed by atoms with van der Waals surface area (Å²) in [5, 5.41) is 19.9. The zero-order valence-electron chi connectivity index (χ0n) is 10.6. The summed E-state index contributed by atoms with van der Waals surface area (Å²) in [6.45, 7) is 1.82. The van der Waals surface area contributed by atoms with Gasteiger partial charge in [0.05, 0.1) is 4.92 Å². The first-order chi connectivity index (χ1) is 9.58. The molecule has 0 bridgehead atoms. The van der Waals surface area contributed by atoms with E-state index in [2.05, 4.69) is 4.98 Å². The first kappa shape index (κ1) is 14.1. The maximum atomic E-state index is 11.6. The molecule has 1 N–H and O–H groups in total. The Morgan fingerprint density at radius 2 is 2.05 bits per heavy atom. The number of nitriles is 1. The summed E-state index contributed by atoms with van der Waals surface area (Å²) < 4.78 is 11.6. The van der Waals surface area contributed by atoms with Gasteiger partial charge >= 0.3 is 5.69 Å². The summed E-state index contributed by atoms with van der Waals surface area (Å²) in [4.78, 5) is 13.9. The molecule has 1 unspecified atom stereocenters. The molecule has 1 aromatic heterocycles. The number of hydrogen-bond acceptors (Lipinski definition) is 4. The average molecular weight is 289 g/mol. The Balaban J connectivity index is 2.45. The van der Waals surface area contributed by atoms with Crippen molar-refractivity contribution >= 4 is 16.9 Å². The number of aromatic amines is 1. The average Bonchev–Trinajstić information content (AvgIpc) is 2.90. The van der Waals surface area contributed by atoms with Crippen LogP contribution < -0.4 is 0 Å². The Labute approximate surface area is 118 Å². The number of nitrogens with one attached hydrogen (secondary N) is 1. The highest BCUT2D eigenvalue weighted by Gasteiger charge is 2.23. The Hall–Kier alpha value is -2.30. The Bertz CT molecular complexity index is 673. The van der Waals surface area contributed by atoms with Gasteiger partial charge in [-0.05, 0) is 42.4 Å². The highest BCUT2D eigenvalue weighted by molar-refractivity contribution is 7.91. The molecule has 6 nitrogen and oxygen atoms in total. The third kappa shape index (κ3) is 2.52. The number of nitro groups is 1. The van der Waals surface area contributed by atoms with Crippen LogP contribution in [-0.2, 0) is 11.2 Å². The van der Waals surface area contributed by atoms with Crippen molar-refractivity contribution in [3.8, 4) is 17.3 Å². The van der Waals surface area contributed by atoms with Gasteiger partial charge in [0.1, 0.15) is 23.1 Å². The highest BCUT2D eigenvalue weighted by Crippen LogP contribution is 2.32. The molecule has 0 aliphatic rings. The standard InChI is InChI=1S/C13H11N3O3S/c1-2-20(19)11-5-3-9(4-6-11)12-13(16(17)18)10(7-14)8-15-12/h3-6,8,15H,2H2,1H3.